The first-order valence-electron chi connectivity index (χ1n) is 8.85. The quantitative estimate of drug-likeness (QED) is 0.448. The highest BCUT2D eigenvalue weighted by Gasteiger charge is 2.39. The lowest BCUT2D eigenvalue weighted by atomic mass is 9.89. The second-order valence-corrected chi connectivity index (χ2v) is 7.25. The van der Waals surface area contributed by atoms with Gasteiger partial charge in [-0.1, -0.05) is 39.2 Å². The summed E-state index contributed by atoms with van der Waals surface area (Å²) in [5, 5.41) is 14.5. The second kappa shape index (κ2) is 8.07. The van der Waals surface area contributed by atoms with Crippen molar-refractivity contribution < 1.29 is 19.1 Å². The number of ketones is 1. The third-order valence-corrected chi connectivity index (χ3v) is 5.22. The van der Waals surface area contributed by atoms with Gasteiger partial charge in [-0.05, 0) is 40.8 Å². The molecule has 1 aliphatic heterocycles. The van der Waals surface area contributed by atoms with E-state index >= 15 is 0 Å². The second-order valence-electron chi connectivity index (χ2n) is 6.33. The van der Waals surface area contributed by atoms with Gasteiger partial charge < -0.3 is 14.8 Å². The molecule has 0 radical (unpaired) electrons. The Labute approximate surface area is 179 Å². The number of tetrazole rings is 1. The molecule has 0 amide bonds. The monoisotopic (exact) mass is 469 g/mol. The number of esters is 1. The zero-order chi connectivity index (χ0) is 21.3. The van der Waals surface area contributed by atoms with Gasteiger partial charge in [-0.3, -0.25) is 4.79 Å². The van der Waals surface area contributed by atoms with Crippen LogP contribution in [-0.4, -0.2) is 46.2 Å². The molecule has 0 bridgehead atoms. The molecule has 152 valence electrons. The molecule has 3 aromatic rings. The standard InChI is InChI=1S/C20H16BrN5O4/c1-29-14-6-4-3-5-13(14)17-15(18(27)11-7-9-12(21)10-8-11)16(19(28)30-2)22-20-23-24-25-26(17)20/h3-10,17H,1-2H3,(H,22,23,25)/t17-/m0/s1. The maximum atomic E-state index is 13.6. The van der Waals surface area contributed by atoms with Gasteiger partial charge in [0, 0.05) is 15.6 Å². The number of nitrogens with zero attached hydrogens (tertiary/aromatic N) is 4. The highest BCUT2D eigenvalue weighted by Crippen LogP contribution is 2.40. The van der Waals surface area contributed by atoms with E-state index in [9.17, 15) is 9.59 Å². The maximum Gasteiger partial charge on any atom is 0.355 e. The van der Waals surface area contributed by atoms with Gasteiger partial charge in [0.05, 0.1) is 19.8 Å². The zero-order valence-electron chi connectivity index (χ0n) is 16.0. The number of methoxy groups -OCH3 is 2. The van der Waals surface area contributed by atoms with Gasteiger partial charge in [-0.25, -0.2) is 4.79 Å². The average Bonchev–Trinajstić information content (AvgIpc) is 3.25. The van der Waals surface area contributed by atoms with E-state index in [1.807, 2.05) is 12.1 Å². The molecule has 1 aromatic heterocycles. The molecule has 2 heterocycles. The van der Waals surface area contributed by atoms with Crippen molar-refractivity contribution in [2.75, 3.05) is 19.5 Å². The van der Waals surface area contributed by atoms with Crippen molar-refractivity contribution in [2.24, 2.45) is 0 Å². The summed E-state index contributed by atoms with van der Waals surface area (Å²) in [4.78, 5) is 26.2. The van der Waals surface area contributed by atoms with Gasteiger partial charge >= 0.3 is 5.97 Å². The topological polar surface area (TPSA) is 108 Å². The van der Waals surface area contributed by atoms with Crippen LogP contribution in [0.3, 0.4) is 0 Å². The Morgan fingerprint density at radius 1 is 1.10 bits per heavy atom. The van der Waals surface area contributed by atoms with Crippen LogP contribution >= 0.6 is 15.9 Å². The number of allylic oxidation sites excluding steroid dienone is 1. The SMILES string of the molecule is COC(=O)C1=C(C(=O)c2ccc(Br)cc2)[C@H](c2ccccc2OC)n2nnnc2N1. The minimum absolute atomic E-state index is 0.0244. The molecule has 0 aliphatic carbocycles. The van der Waals surface area contributed by atoms with Crippen molar-refractivity contribution in [1.82, 2.24) is 20.2 Å². The van der Waals surface area contributed by atoms with Crippen molar-refractivity contribution in [1.29, 1.82) is 0 Å². The number of carbonyl (C=O) groups excluding carboxylic acids is 2. The Morgan fingerprint density at radius 3 is 2.53 bits per heavy atom. The first-order chi connectivity index (χ1) is 14.5. The van der Waals surface area contributed by atoms with Crippen molar-refractivity contribution >= 4 is 33.6 Å². The number of hydrogen-bond acceptors (Lipinski definition) is 8. The van der Waals surface area contributed by atoms with Crippen LogP contribution in [0.25, 0.3) is 0 Å². The maximum absolute atomic E-state index is 13.6. The van der Waals surface area contributed by atoms with Crippen molar-refractivity contribution in [3.63, 3.8) is 0 Å². The van der Waals surface area contributed by atoms with E-state index < -0.39 is 12.0 Å². The van der Waals surface area contributed by atoms with E-state index in [2.05, 4.69) is 36.8 Å². The number of anilines is 1. The lowest BCUT2D eigenvalue weighted by Gasteiger charge is -2.28. The fraction of sp³-hybridized carbons (Fsp3) is 0.150. The molecule has 2 aromatic carbocycles. The average molecular weight is 470 g/mol. The molecule has 30 heavy (non-hydrogen) atoms. The predicted molar refractivity (Wildman–Crippen MR) is 110 cm³/mol. The molecule has 0 saturated carbocycles. The van der Waals surface area contributed by atoms with Crippen LogP contribution in [0.5, 0.6) is 5.75 Å². The normalized spacial score (nSPS) is 15.2. The lowest BCUT2D eigenvalue weighted by Crippen LogP contribution is -2.33. The summed E-state index contributed by atoms with van der Waals surface area (Å²) in [6, 6.07) is 13.2. The number of rotatable bonds is 5. The molecule has 9 nitrogen and oxygen atoms in total. The summed E-state index contributed by atoms with van der Waals surface area (Å²) in [5.74, 6) is -0.341. The Bertz CT molecular complexity index is 1160. The van der Waals surface area contributed by atoms with Crippen LogP contribution in [0.1, 0.15) is 22.0 Å². The molecule has 0 spiro atoms. The molecule has 0 fully saturated rings. The fourth-order valence-electron chi connectivity index (χ4n) is 3.33. The van der Waals surface area contributed by atoms with Gasteiger partial charge in [0.15, 0.2) is 5.78 Å². The molecule has 10 heteroatoms. The van der Waals surface area contributed by atoms with Crippen LogP contribution in [0.2, 0.25) is 0 Å². The van der Waals surface area contributed by atoms with Crippen molar-refractivity contribution in [3.05, 3.63) is 75.4 Å². The third kappa shape index (κ3) is 3.35. The lowest BCUT2D eigenvalue weighted by molar-refractivity contribution is -0.136. The minimum Gasteiger partial charge on any atom is -0.496 e. The molecule has 4 rings (SSSR count). The smallest absolute Gasteiger partial charge is 0.355 e. The van der Waals surface area contributed by atoms with Gasteiger partial charge in [0.2, 0.25) is 5.95 Å². The number of halogens is 1. The Kier molecular flexibility index (Phi) is 5.32. The number of hydrogen-bond donors (Lipinski definition) is 1. The molecule has 1 atom stereocenters. The number of fused-ring (bicyclic) bond motifs is 1. The summed E-state index contributed by atoms with van der Waals surface area (Å²) in [6.07, 6.45) is 0. The highest BCUT2D eigenvalue weighted by molar-refractivity contribution is 9.10. The summed E-state index contributed by atoms with van der Waals surface area (Å²) in [6.45, 7) is 0. The summed E-state index contributed by atoms with van der Waals surface area (Å²) in [7, 11) is 2.77. The van der Waals surface area contributed by atoms with Crippen LogP contribution < -0.4 is 10.1 Å². The number of nitrogens with one attached hydrogen (secondary N) is 1. The zero-order valence-corrected chi connectivity index (χ0v) is 17.6. The number of benzene rings is 2. The number of para-hydroxylation sites is 1. The molecular weight excluding hydrogens is 454 g/mol. The largest absolute Gasteiger partial charge is 0.496 e. The third-order valence-electron chi connectivity index (χ3n) is 4.69. The van der Waals surface area contributed by atoms with Crippen LogP contribution in [0.4, 0.5) is 5.95 Å². The Hall–Kier alpha value is -3.53. The van der Waals surface area contributed by atoms with Gasteiger partial charge in [-0.15, -0.1) is 0 Å². The van der Waals surface area contributed by atoms with Crippen molar-refractivity contribution in [2.45, 2.75) is 6.04 Å². The minimum atomic E-state index is -0.808. The van der Waals surface area contributed by atoms with Crippen molar-refractivity contribution in [3.8, 4) is 5.75 Å². The van der Waals surface area contributed by atoms with Gasteiger partial charge in [0.25, 0.3) is 0 Å². The number of ether oxygens (including phenoxy) is 2. The Balaban J connectivity index is 1.98. The predicted octanol–water partition coefficient (Wildman–Crippen LogP) is 2.77. The summed E-state index contributed by atoms with van der Waals surface area (Å²) >= 11 is 3.36. The Morgan fingerprint density at radius 2 is 1.83 bits per heavy atom. The molecule has 0 unspecified atom stereocenters. The highest BCUT2D eigenvalue weighted by atomic mass is 79.9. The molecule has 0 saturated heterocycles. The molecular formula is C20H16BrN5O4. The summed E-state index contributed by atoms with van der Waals surface area (Å²) in [5.41, 5.74) is 1.14. The number of carbonyl (C=O) groups is 2. The summed E-state index contributed by atoms with van der Waals surface area (Å²) < 4.78 is 12.7. The first kappa shape index (κ1) is 19.8. The molecule has 1 aliphatic rings. The first-order valence-corrected chi connectivity index (χ1v) is 9.65. The van der Waals surface area contributed by atoms with Gasteiger partial charge in [0.1, 0.15) is 17.5 Å². The van der Waals surface area contributed by atoms with E-state index in [0.717, 1.165) is 4.47 Å². The molecule has 1 N–H and O–H groups in total. The van der Waals surface area contributed by atoms with E-state index in [1.165, 1.54) is 18.9 Å². The van der Waals surface area contributed by atoms with E-state index in [4.69, 9.17) is 9.47 Å². The number of aromatic nitrogens is 4. The fourth-order valence-corrected chi connectivity index (χ4v) is 3.59. The van der Waals surface area contributed by atoms with Crippen LogP contribution in [-0.2, 0) is 9.53 Å². The number of Topliss-reactive ketones (excluding diaryl/α,β-unsaturated/α-hetero) is 1. The van der Waals surface area contributed by atoms with E-state index in [0.29, 0.717) is 16.9 Å². The van der Waals surface area contributed by atoms with E-state index in [1.54, 1.807) is 36.4 Å². The van der Waals surface area contributed by atoms with Gasteiger partial charge in [-0.2, -0.15) is 4.68 Å². The van der Waals surface area contributed by atoms with Crippen LogP contribution in [0, 0.1) is 0 Å². The van der Waals surface area contributed by atoms with Crippen LogP contribution in [0.15, 0.2) is 64.3 Å². The van der Waals surface area contributed by atoms with E-state index in [-0.39, 0.29) is 23.0 Å².